The summed E-state index contributed by atoms with van der Waals surface area (Å²) in [4.78, 5) is 12.2. The molecule has 1 aliphatic heterocycles. The van der Waals surface area contributed by atoms with Crippen molar-refractivity contribution >= 4 is 28.9 Å². The molecule has 3 rings (SSSR count). The molecule has 5 nitrogen and oxygen atoms in total. The molecule has 0 aromatic heterocycles. The lowest BCUT2D eigenvalue weighted by atomic mass is 10.2. The number of carbonyl (C=O) groups excluding carboxylic acids is 1. The molecule has 0 fully saturated rings. The minimum absolute atomic E-state index is 0.145. The lowest BCUT2D eigenvalue weighted by Crippen LogP contribution is -2.31. The van der Waals surface area contributed by atoms with Crippen molar-refractivity contribution in [3.05, 3.63) is 47.5 Å². The molecule has 1 aliphatic rings. The van der Waals surface area contributed by atoms with Crippen molar-refractivity contribution < 1.29 is 14.3 Å². The summed E-state index contributed by atoms with van der Waals surface area (Å²) in [6.07, 6.45) is 0. The molecular weight excluding hydrogens is 304 g/mol. The summed E-state index contributed by atoms with van der Waals surface area (Å²) in [7, 11) is 0. The van der Waals surface area contributed by atoms with Crippen molar-refractivity contribution in [3.63, 3.8) is 0 Å². The number of hydrogen-bond donors (Lipinski definition) is 2. The third kappa shape index (κ3) is 3.26. The van der Waals surface area contributed by atoms with E-state index in [0.717, 1.165) is 5.69 Å². The van der Waals surface area contributed by atoms with E-state index < -0.39 is 6.04 Å². The van der Waals surface area contributed by atoms with Crippen LogP contribution in [0.3, 0.4) is 0 Å². The van der Waals surface area contributed by atoms with Gasteiger partial charge in [-0.15, -0.1) is 0 Å². The van der Waals surface area contributed by atoms with Crippen molar-refractivity contribution in [2.75, 3.05) is 17.4 Å². The highest BCUT2D eigenvalue weighted by Crippen LogP contribution is 2.34. The number of anilines is 2. The Hall–Kier alpha value is -2.40. The molecule has 2 aromatic carbocycles. The Bertz CT molecular complexity index is 688. The molecule has 2 N–H and O–H groups in total. The van der Waals surface area contributed by atoms with Crippen molar-refractivity contribution in [1.82, 2.24) is 0 Å². The van der Waals surface area contributed by atoms with E-state index in [0.29, 0.717) is 22.2 Å². The average molecular weight is 319 g/mol. The van der Waals surface area contributed by atoms with E-state index in [9.17, 15) is 4.79 Å². The first-order valence-corrected chi connectivity index (χ1v) is 7.22. The van der Waals surface area contributed by atoms with Gasteiger partial charge in [-0.1, -0.05) is 11.6 Å². The van der Waals surface area contributed by atoms with Crippen LogP contribution in [0.25, 0.3) is 0 Å². The number of amides is 1. The summed E-state index contributed by atoms with van der Waals surface area (Å²) in [5.74, 6) is 1.18. The fourth-order valence-electron chi connectivity index (χ4n) is 2.09. The first-order chi connectivity index (χ1) is 10.6. The van der Waals surface area contributed by atoms with E-state index >= 15 is 0 Å². The fourth-order valence-corrected chi connectivity index (χ4v) is 2.21. The highest BCUT2D eigenvalue weighted by atomic mass is 35.5. The molecule has 0 aliphatic carbocycles. The molecule has 1 heterocycles. The smallest absolute Gasteiger partial charge is 0.246 e. The lowest BCUT2D eigenvalue weighted by molar-refractivity contribution is -0.116. The van der Waals surface area contributed by atoms with E-state index in [2.05, 4.69) is 10.6 Å². The van der Waals surface area contributed by atoms with Crippen molar-refractivity contribution in [3.8, 4) is 11.5 Å². The van der Waals surface area contributed by atoms with Gasteiger partial charge in [-0.25, -0.2) is 0 Å². The van der Waals surface area contributed by atoms with Gasteiger partial charge >= 0.3 is 0 Å². The number of carbonyl (C=O) groups is 1. The number of rotatable bonds is 4. The Morgan fingerprint density at radius 3 is 2.55 bits per heavy atom. The van der Waals surface area contributed by atoms with Crippen molar-refractivity contribution in [2.24, 2.45) is 0 Å². The second-order valence-corrected chi connectivity index (χ2v) is 5.37. The second-order valence-electron chi connectivity index (χ2n) is 4.93. The molecule has 1 amide bonds. The van der Waals surface area contributed by atoms with E-state index in [-0.39, 0.29) is 12.7 Å². The summed E-state index contributed by atoms with van der Waals surface area (Å²) in [5, 5.41) is 6.61. The molecule has 0 radical (unpaired) electrons. The van der Waals surface area contributed by atoms with E-state index in [1.807, 2.05) is 12.1 Å². The highest BCUT2D eigenvalue weighted by Gasteiger charge is 2.16. The molecule has 114 valence electrons. The van der Waals surface area contributed by atoms with Crippen LogP contribution in [-0.4, -0.2) is 18.7 Å². The summed E-state index contributed by atoms with van der Waals surface area (Å²) >= 11 is 5.84. The Kier molecular flexibility index (Phi) is 4.06. The number of halogens is 1. The number of benzene rings is 2. The van der Waals surface area contributed by atoms with Crippen LogP contribution >= 0.6 is 11.6 Å². The van der Waals surface area contributed by atoms with E-state index in [4.69, 9.17) is 21.1 Å². The zero-order valence-corrected chi connectivity index (χ0v) is 12.7. The molecule has 2 aromatic rings. The topological polar surface area (TPSA) is 59.6 Å². The van der Waals surface area contributed by atoms with Gasteiger partial charge < -0.3 is 20.1 Å². The molecule has 6 heteroatoms. The van der Waals surface area contributed by atoms with Crippen LogP contribution in [0.5, 0.6) is 11.5 Å². The lowest BCUT2D eigenvalue weighted by Gasteiger charge is -2.15. The molecule has 0 saturated heterocycles. The summed E-state index contributed by atoms with van der Waals surface area (Å²) < 4.78 is 10.5. The van der Waals surface area contributed by atoms with Gasteiger partial charge in [0.2, 0.25) is 12.7 Å². The standard InChI is InChI=1S/C16H15ClN2O3/c1-10(18-12-4-2-11(17)3-5-12)16(20)19-13-6-7-14-15(8-13)22-9-21-14/h2-8,10,18H,9H2,1H3,(H,19,20)/t10-/m1/s1. The monoisotopic (exact) mass is 318 g/mol. The number of ether oxygens (including phenoxy) is 2. The second kappa shape index (κ2) is 6.15. The summed E-state index contributed by atoms with van der Waals surface area (Å²) in [5.41, 5.74) is 1.50. The zero-order chi connectivity index (χ0) is 15.5. The van der Waals surface area contributed by atoms with Gasteiger partial charge in [0, 0.05) is 22.5 Å². The normalized spacial score (nSPS) is 13.5. The van der Waals surface area contributed by atoms with Crippen LogP contribution in [0.4, 0.5) is 11.4 Å². The number of hydrogen-bond acceptors (Lipinski definition) is 4. The summed E-state index contributed by atoms with van der Waals surface area (Å²) in [6, 6.07) is 12.1. The minimum atomic E-state index is -0.397. The molecular formula is C16H15ClN2O3. The number of fused-ring (bicyclic) bond motifs is 1. The molecule has 0 unspecified atom stereocenters. The maximum Gasteiger partial charge on any atom is 0.246 e. The van der Waals surface area contributed by atoms with Crippen LogP contribution in [0.2, 0.25) is 5.02 Å². The van der Waals surface area contributed by atoms with Gasteiger partial charge in [-0.3, -0.25) is 4.79 Å². The molecule has 22 heavy (non-hydrogen) atoms. The van der Waals surface area contributed by atoms with Crippen molar-refractivity contribution in [1.29, 1.82) is 0 Å². The highest BCUT2D eigenvalue weighted by molar-refractivity contribution is 6.30. The maximum atomic E-state index is 12.2. The molecule has 0 bridgehead atoms. The first kappa shape index (κ1) is 14.5. The van der Waals surface area contributed by atoms with Crippen LogP contribution in [0.15, 0.2) is 42.5 Å². The molecule has 0 saturated carbocycles. The third-order valence-electron chi connectivity index (χ3n) is 3.26. The van der Waals surface area contributed by atoms with E-state index in [1.54, 1.807) is 37.3 Å². The van der Waals surface area contributed by atoms with Crippen LogP contribution in [0.1, 0.15) is 6.92 Å². The quantitative estimate of drug-likeness (QED) is 0.905. The van der Waals surface area contributed by atoms with Gasteiger partial charge in [0.1, 0.15) is 6.04 Å². The minimum Gasteiger partial charge on any atom is -0.454 e. The predicted molar refractivity (Wildman–Crippen MR) is 85.7 cm³/mol. The molecule has 1 atom stereocenters. The maximum absolute atomic E-state index is 12.2. The largest absolute Gasteiger partial charge is 0.454 e. The fraction of sp³-hybridized carbons (Fsp3) is 0.188. The van der Waals surface area contributed by atoms with Gasteiger partial charge in [0.05, 0.1) is 0 Å². The average Bonchev–Trinajstić information content (AvgIpc) is 2.97. The zero-order valence-electron chi connectivity index (χ0n) is 11.9. The third-order valence-corrected chi connectivity index (χ3v) is 3.51. The predicted octanol–water partition coefficient (Wildman–Crippen LogP) is 3.51. The van der Waals surface area contributed by atoms with Gasteiger partial charge in [-0.2, -0.15) is 0 Å². The van der Waals surface area contributed by atoms with Crippen LogP contribution in [-0.2, 0) is 4.79 Å². The Balaban J connectivity index is 1.62. The Labute approximate surface area is 133 Å². The number of nitrogens with one attached hydrogen (secondary N) is 2. The van der Waals surface area contributed by atoms with Crippen molar-refractivity contribution in [2.45, 2.75) is 13.0 Å². The van der Waals surface area contributed by atoms with E-state index in [1.165, 1.54) is 0 Å². The molecule has 0 spiro atoms. The van der Waals surface area contributed by atoms with Gasteiger partial charge in [0.15, 0.2) is 11.5 Å². The Morgan fingerprint density at radius 2 is 1.77 bits per heavy atom. The Morgan fingerprint density at radius 1 is 1.09 bits per heavy atom. The van der Waals surface area contributed by atoms with Gasteiger partial charge in [0.25, 0.3) is 0 Å². The van der Waals surface area contributed by atoms with Gasteiger partial charge in [-0.05, 0) is 43.3 Å². The first-order valence-electron chi connectivity index (χ1n) is 6.84. The van der Waals surface area contributed by atoms with Crippen LogP contribution in [0, 0.1) is 0 Å². The summed E-state index contributed by atoms with van der Waals surface area (Å²) in [6.45, 7) is 2.00. The van der Waals surface area contributed by atoms with Crippen LogP contribution < -0.4 is 20.1 Å². The SMILES string of the molecule is C[C@@H](Nc1ccc(Cl)cc1)C(=O)Nc1ccc2c(c1)OCO2.